The number of thiazole rings is 1. The quantitative estimate of drug-likeness (QED) is 0.852. The molecule has 1 heterocycles. The van der Waals surface area contributed by atoms with Gasteiger partial charge in [-0.05, 0) is 32.0 Å². The van der Waals surface area contributed by atoms with Crippen molar-refractivity contribution in [1.29, 1.82) is 0 Å². The third-order valence-corrected chi connectivity index (χ3v) is 4.16. The number of benzene rings is 1. The van der Waals surface area contributed by atoms with Gasteiger partial charge < -0.3 is 16.0 Å². The van der Waals surface area contributed by atoms with Crippen molar-refractivity contribution in [1.82, 2.24) is 9.88 Å². The van der Waals surface area contributed by atoms with Crippen molar-refractivity contribution in [3.63, 3.8) is 0 Å². The van der Waals surface area contributed by atoms with E-state index in [0.29, 0.717) is 11.3 Å². The second kappa shape index (κ2) is 6.13. The Bertz CT molecular complexity index is 651. The fourth-order valence-corrected chi connectivity index (χ4v) is 2.75. The molecule has 1 unspecified atom stereocenters. The molecule has 0 fully saturated rings. The number of aryl methyl sites for hydroxylation is 1. The van der Waals surface area contributed by atoms with E-state index in [1.54, 1.807) is 48.5 Å². The Balaban J connectivity index is 2.30. The second-order valence-electron chi connectivity index (χ2n) is 5.18. The van der Waals surface area contributed by atoms with Gasteiger partial charge in [0, 0.05) is 36.5 Å². The summed E-state index contributed by atoms with van der Waals surface area (Å²) in [7, 11) is 3.46. The summed E-state index contributed by atoms with van der Waals surface area (Å²) in [4.78, 5) is 19.3. The number of nitrogens with one attached hydrogen (secondary N) is 1. The van der Waals surface area contributed by atoms with Gasteiger partial charge in [0.05, 0.1) is 11.6 Å². The predicted molar refractivity (Wildman–Crippen MR) is 87.8 cm³/mol. The zero-order valence-corrected chi connectivity index (χ0v) is 13.5. The van der Waals surface area contributed by atoms with E-state index in [4.69, 9.17) is 5.73 Å². The summed E-state index contributed by atoms with van der Waals surface area (Å²) < 4.78 is 0. The molecular weight excluding hydrogens is 284 g/mol. The molecule has 0 aliphatic heterocycles. The fraction of sp³-hybridized carbons (Fsp3) is 0.333. The number of carbonyl (C=O) groups is 1. The van der Waals surface area contributed by atoms with Gasteiger partial charge in [0.1, 0.15) is 5.01 Å². The van der Waals surface area contributed by atoms with Crippen LogP contribution in [0.2, 0.25) is 0 Å². The first kappa shape index (κ1) is 15.3. The number of nitrogens with zero attached hydrogens (tertiary/aromatic N) is 2. The van der Waals surface area contributed by atoms with Crippen LogP contribution in [-0.4, -0.2) is 29.9 Å². The highest BCUT2D eigenvalue weighted by Crippen LogP contribution is 2.27. The zero-order valence-electron chi connectivity index (χ0n) is 12.7. The van der Waals surface area contributed by atoms with Crippen LogP contribution in [-0.2, 0) is 0 Å². The summed E-state index contributed by atoms with van der Waals surface area (Å²) in [5, 5.41) is 4.32. The lowest BCUT2D eigenvalue weighted by Crippen LogP contribution is -2.23. The summed E-state index contributed by atoms with van der Waals surface area (Å²) in [5.74, 6) is -0.0555. The standard InChI is InChI=1S/C15H20N4OS/c1-9-8-17-14(21-9)10(2)18-13-7-11(16)5-6-12(13)15(20)19(3)4/h5-8,10,18H,16H2,1-4H3. The monoisotopic (exact) mass is 304 g/mol. The number of aromatic nitrogens is 1. The van der Waals surface area contributed by atoms with Crippen LogP contribution < -0.4 is 11.1 Å². The Labute approximate surface area is 128 Å². The molecule has 0 bridgehead atoms. The molecule has 0 aliphatic carbocycles. The lowest BCUT2D eigenvalue weighted by Gasteiger charge is -2.18. The zero-order chi connectivity index (χ0) is 15.6. The maximum atomic E-state index is 12.2. The van der Waals surface area contributed by atoms with Crippen LogP contribution in [0.15, 0.2) is 24.4 Å². The first-order chi connectivity index (χ1) is 9.88. The maximum absolute atomic E-state index is 12.2. The Morgan fingerprint density at radius 3 is 2.71 bits per heavy atom. The van der Waals surface area contributed by atoms with Gasteiger partial charge in [-0.25, -0.2) is 4.98 Å². The number of carbonyl (C=O) groups excluding carboxylic acids is 1. The Morgan fingerprint density at radius 2 is 2.14 bits per heavy atom. The molecule has 112 valence electrons. The van der Waals surface area contributed by atoms with E-state index in [1.165, 1.54) is 0 Å². The SMILES string of the molecule is Cc1cnc(C(C)Nc2cc(N)ccc2C(=O)N(C)C)s1. The highest BCUT2D eigenvalue weighted by Gasteiger charge is 2.17. The van der Waals surface area contributed by atoms with Gasteiger partial charge in [-0.1, -0.05) is 0 Å². The molecule has 21 heavy (non-hydrogen) atoms. The van der Waals surface area contributed by atoms with Gasteiger partial charge in [0.15, 0.2) is 0 Å². The predicted octanol–water partition coefficient (Wildman–Crippen LogP) is 2.91. The molecule has 0 radical (unpaired) electrons. The molecule has 1 aromatic carbocycles. The Morgan fingerprint density at radius 1 is 1.43 bits per heavy atom. The van der Waals surface area contributed by atoms with Crippen LogP contribution >= 0.6 is 11.3 Å². The van der Waals surface area contributed by atoms with Crippen molar-refractivity contribution >= 4 is 28.6 Å². The number of hydrogen-bond donors (Lipinski definition) is 2. The fourth-order valence-electron chi connectivity index (χ4n) is 1.98. The van der Waals surface area contributed by atoms with Crippen molar-refractivity contribution in [3.8, 4) is 0 Å². The van der Waals surface area contributed by atoms with Crippen molar-refractivity contribution in [2.45, 2.75) is 19.9 Å². The van der Waals surface area contributed by atoms with Crippen LogP contribution in [0.5, 0.6) is 0 Å². The molecule has 0 saturated carbocycles. The van der Waals surface area contributed by atoms with Crippen LogP contribution in [0, 0.1) is 6.92 Å². The molecule has 0 aliphatic rings. The third kappa shape index (κ3) is 3.52. The summed E-state index contributed by atoms with van der Waals surface area (Å²) in [6, 6.07) is 5.28. The summed E-state index contributed by atoms with van der Waals surface area (Å²) >= 11 is 1.64. The van der Waals surface area contributed by atoms with Crippen LogP contribution in [0.4, 0.5) is 11.4 Å². The molecule has 6 heteroatoms. The smallest absolute Gasteiger partial charge is 0.255 e. The van der Waals surface area contributed by atoms with E-state index in [-0.39, 0.29) is 11.9 Å². The molecule has 5 nitrogen and oxygen atoms in total. The Hall–Kier alpha value is -2.08. The minimum absolute atomic E-state index is 0.0132. The van der Waals surface area contributed by atoms with Gasteiger partial charge in [-0.2, -0.15) is 0 Å². The van der Waals surface area contributed by atoms with Crippen LogP contribution in [0.1, 0.15) is 33.2 Å². The van der Waals surface area contributed by atoms with Gasteiger partial charge in [-0.3, -0.25) is 4.79 Å². The maximum Gasteiger partial charge on any atom is 0.255 e. The topological polar surface area (TPSA) is 71.2 Å². The molecule has 2 aromatic rings. The van der Waals surface area contributed by atoms with Crippen molar-refractivity contribution in [3.05, 3.63) is 39.8 Å². The van der Waals surface area contributed by atoms with Gasteiger partial charge in [0.2, 0.25) is 0 Å². The molecule has 1 atom stereocenters. The third-order valence-electron chi connectivity index (χ3n) is 3.06. The number of nitrogen functional groups attached to an aromatic ring is 1. The molecule has 0 saturated heterocycles. The van der Waals surface area contributed by atoms with Gasteiger partial charge in [0.25, 0.3) is 5.91 Å². The van der Waals surface area contributed by atoms with Crippen LogP contribution in [0.25, 0.3) is 0 Å². The molecule has 1 aromatic heterocycles. The van der Waals surface area contributed by atoms with E-state index in [2.05, 4.69) is 10.3 Å². The van der Waals surface area contributed by atoms with Gasteiger partial charge >= 0.3 is 0 Å². The Kier molecular flexibility index (Phi) is 4.47. The summed E-state index contributed by atoms with van der Waals surface area (Å²) in [6.07, 6.45) is 1.85. The highest BCUT2D eigenvalue weighted by molar-refractivity contribution is 7.11. The van der Waals surface area contributed by atoms with E-state index in [9.17, 15) is 4.79 Å². The molecular formula is C15H20N4OS. The van der Waals surface area contributed by atoms with E-state index in [1.807, 2.05) is 20.0 Å². The average molecular weight is 304 g/mol. The minimum atomic E-state index is -0.0555. The second-order valence-corrected chi connectivity index (χ2v) is 6.45. The summed E-state index contributed by atoms with van der Waals surface area (Å²) in [6.45, 7) is 4.04. The highest BCUT2D eigenvalue weighted by atomic mass is 32.1. The first-order valence-electron chi connectivity index (χ1n) is 6.68. The van der Waals surface area contributed by atoms with Crippen molar-refractivity contribution in [2.24, 2.45) is 0 Å². The molecule has 1 amide bonds. The number of rotatable bonds is 4. The van der Waals surface area contributed by atoms with Crippen LogP contribution in [0.3, 0.4) is 0 Å². The molecule has 3 N–H and O–H groups in total. The van der Waals surface area contributed by atoms with E-state index >= 15 is 0 Å². The summed E-state index contributed by atoms with van der Waals surface area (Å²) in [5.41, 5.74) is 7.80. The first-order valence-corrected chi connectivity index (χ1v) is 7.50. The van der Waals surface area contributed by atoms with Crippen molar-refractivity contribution < 1.29 is 4.79 Å². The number of nitrogens with two attached hydrogens (primary N) is 1. The largest absolute Gasteiger partial charge is 0.399 e. The number of amides is 1. The number of hydrogen-bond acceptors (Lipinski definition) is 5. The molecule has 0 spiro atoms. The van der Waals surface area contributed by atoms with E-state index < -0.39 is 0 Å². The lowest BCUT2D eigenvalue weighted by atomic mass is 10.1. The van der Waals surface area contributed by atoms with Crippen molar-refractivity contribution in [2.75, 3.05) is 25.1 Å². The minimum Gasteiger partial charge on any atom is -0.399 e. The average Bonchev–Trinajstić information content (AvgIpc) is 2.85. The number of anilines is 2. The normalized spacial score (nSPS) is 12.0. The van der Waals surface area contributed by atoms with Gasteiger partial charge in [-0.15, -0.1) is 11.3 Å². The lowest BCUT2D eigenvalue weighted by molar-refractivity contribution is 0.0828. The molecule has 2 rings (SSSR count). The van der Waals surface area contributed by atoms with E-state index in [0.717, 1.165) is 15.6 Å².